The van der Waals surface area contributed by atoms with Crippen molar-refractivity contribution >= 4 is 21.6 Å². The number of ether oxygens (including phenoxy) is 1. The highest BCUT2D eigenvalue weighted by Crippen LogP contribution is 2.28. The van der Waals surface area contributed by atoms with Gasteiger partial charge in [0.15, 0.2) is 5.82 Å². The van der Waals surface area contributed by atoms with E-state index in [4.69, 9.17) is 15.0 Å². The number of benzene rings is 1. The van der Waals surface area contributed by atoms with Crippen molar-refractivity contribution in [3.8, 4) is 11.5 Å². The maximum Gasteiger partial charge on any atom is 0.259 e. The summed E-state index contributed by atoms with van der Waals surface area (Å²) in [4.78, 5) is 4.18. The summed E-state index contributed by atoms with van der Waals surface area (Å²) in [7, 11) is 1.58. The van der Waals surface area contributed by atoms with Crippen molar-refractivity contribution in [1.82, 2.24) is 10.1 Å². The summed E-state index contributed by atoms with van der Waals surface area (Å²) in [5.74, 6) is 0.929. The average Bonchev–Trinajstić information content (AvgIpc) is 2.71. The summed E-state index contributed by atoms with van der Waals surface area (Å²) in [6.45, 7) is 0.323. The van der Waals surface area contributed by atoms with Gasteiger partial charge < -0.3 is 15.0 Å². The predicted molar refractivity (Wildman–Crippen MR) is 62.6 cm³/mol. The molecule has 0 aliphatic carbocycles. The Morgan fingerprint density at radius 1 is 1.50 bits per heavy atom. The minimum atomic E-state index is 0.323. The molecule has 0 aliphatic heterocycles. The highest BCUT2D eigenvalue weighted by Gasteiger charge is 2.11. The number of nitrogens with two attached hydrogens (primary N) is 1. The first-order valence-electron chi connectivity index (χ1n) is 4.57. The maximum absolute atomic E-state index is 5.69. The first-order chi connectivity index (χ1) is 7.70. The van der Waals surface area contributed by atoms with E-state index in [2.05, 4.69) is 26.1 Å². The molecule has 0 radical (unpaired) electrons. The standard InChI is InChI=1S/C10H10BrN3O2/c1-15-5-9-13-10(16-14-9)7-4-6(12)2-3-8(7)11/h2-4H,5,12H2,1H3. The SMILES string of the molecule is COCc1noc(-c2cc(N)ccc2Br)n1. The summed E-state index contributed by atoms with van der Waals surface area (Å²) in [5, 5.41) is 3.78. The third-order valence-electron chi connectivity index (χ3n) is 1.96. The van der Waals surface area contributed by atoms with E-state index in [-0.39, 0.29) is 0 Å². The number of halogens is 1. The second-order valence-corrected chi connectivity index (χ2v) is 4.04. The fourth-order valence-corrected chi connectivity index (χ4v) is 1.67. The van der Waals surface area contributed by atoms with E-state index < -0.39 is 0 Å². The first-order valence-corrected chi connectivity index (χ1v) is 5.37. The summed E-state index contributed by atoms with van der Waals surface area (Å²) >= 11 is 3.40. The Bertz CT molecular complexity index is 499. The predicted octanol–water partition coefficient (Wildman–Crippen LogP) is 2.23. The van der Waals surface area contributed by atoms with Crippen LogP contribution in [0.4, 0.5) is 5.69 Å². The number of hydrogen-bond donors (Lipinski definition) is 1. The molecule has 0 aliphatic rings. The Morgan fingerprint density at radius 2 is 2.31 bits per heavy atom. The van der Waals surface area contributed by atoms with Gasteiger partial charge in [-0.3, -0.25) is 0 Å². The zero-order valence-electron chi connectivity index (χ0n) is 8.61. The topological polar surface area (TPSA) is 74.2 Å². The Labute approximate surface area is 101 Å². The van der Waals surface area contributed by atoms with Crippen LogP contribution in [-0.4, -0.2) is 17.3 Å². The van der Waals surface area contributed by atoms with Crippen molar-refractivity contribution in [3.05, 3.63) is 28.5 Å². The van der Waals surface area contributed by atoms with Gasteiger partial charge in [0.1, 0.15) is 6.61 Å². The lowest BCUT2D eigenvalue weighted by Crippen LogP contribution is -1.90. The molecular formula is C10H10BrN3O2. The van der Waals surface area contributed by atoms with Crippen LogP contribution < -0.4 is 5.73 Å². The van der Waals surface area contributed by atoms with E-state index >= 15 is 0 Å². The molecule has 2 N–H and O–H groups in total. The van der Waals surface area contributed by atoms with Crippen molar-refractivity contribution in [2.24, 2.45) is 0 Å². The molecule has 1 aromatic heterocycles. The van der Waals surface area contributed by atoms with Gasteiger partial charge in [0, 0.05) is 17.3 Å². The van der Waals surface area contributed by atoms with Crippen LogP contribution in [0.25, 0.3) is 11.5 Å². The van der Waals surface area contributed by atoms with Gasteiger partial charge >= 0.3 is 0 Å². The van der Waals surface area contributed by atoms with E-state index in [1.165, 1.54) is 0 Å². The molecule has 0 spiro atoms. The number of rotatable bonds is 3. The van der Waals surface area contributed by atoms with E-state index in [1.807, 2.05) is 6.07 Å². The molecule has 84 valence electrons. The second kappa shape index (κ2) is 4.63. The molecule has 5 nitrogen and oxygen atoms in total. The molecule has 16 heavy (non-hydrogen) atoms. The van der Waals surface area contributed by atoms with Gasteiger partial charge in [-0.2, -0.15) is 4.98 Å². The molecule has 1 heterocycles. The maximum atomic E-state index is 5.69. The number of anilines is 1. The van der Waals surface area contributed by atoms with Crippen molar-refractivity contribution in [3.63, 3.8) is 0 Å². The van der Waals surface area contributed by atoms with Gasteiger partial charge in [-0.05, 0) is 34.1 Å². The van der Waals surface area contributed by atoms with Gasteiger partial charge in [0.2, 0.25) is 0 Å². The van der Waals surface area contributed by atoms with E-state index in [0.29, 0.717) is 24.0 Å². The third kappa shape index (κ3) is 2.23. The van der Waals surface area contributed by atoms with Gasteiger partial charge in [0.25, 0.3) is 5.89 Å². The Balaban J connectivity index is 2.38. The van der Waals surface area contributed by atoms with Crippen LogP contribution in [0.5, 0.6) is 0 Å². The Morgan fingerprint density at radius 3 is 3.06 bits per heavy atom. The molecule has 0 saturated carbocycles. The largest absolute Gasteiger partial charge is 0.399 e. The highest BCUT2D eigenvalue weighted by atomic mass is 79.9. The lowest BCUT2D eigenvalue weighted by molar-refractivity contribution is 0.174. The van der Waals surface area contributed by atoms with Crippen LogP contribution in [0, 0.1) is 0 Å². The highest BCUT2D eigenvalue weighted by molar-refractivity contribution is 9.10. The molecule has 0 unspecified atom stereocenters. The first kappa shape index (κ1) is 11.1. The van der Waals surface area contributed by atoms with Crippen LogP contribution in [0.1, 0.15) is 5.82 Å². The number of methoxy groups -OCH3 is 1. The van der Waals surface area contributed by atoms with Crippen LogP contribution >= 0.6 is 15.9 Å². The Hall–Kier alpha value is -1.40. The van der Waals surface area contributed by atoms with Crippen LogP contribution in [-0.2, 0) is 11.3 Å². The molecule has 0 bridgehead atoms. The molecule has 0 fully saturated rings. The molecule has 1 aromatic carbocycles. The summed E-state index contributed by atoms with van der Waals surface area (Å²) in [6, 6.07) is 5.40. The minimum Gasteiger partial charge on any atom is -0.399 e. The van der Waals surface area contributed by atoms with Gasteiger partial charge in [-0.25, -0.2) is 0 Å². The quantitative estimate of drug-likeness (QED) is 0.875. The summed E-state index contributed by atoms with van der Waals surface area (Å²) in [6.07, 6.45) is 0. The summed E-state index contributed by atoms with van der Waals surface area (Å²) < 4.78 is 10.9. The zero-order chi connectivity index (χ0) is 11.5. The minimum absolute atomic E-state index is 0.323. The number of nitrogen functional groups attached to an aromatic ring is 1. The lowest BCUT2D eigenvalue weighted by Gasteiger charge is -1.99. The van der Waals surface area contributed by atoms with E-state index in [0.717, 1.165) is 10.0 Å². The lowest BCUT2D eigenvalue weighted by atomic mass is 10.2. The average molecular weight is 284 g/mol. The van der Waals surface area contributed by atoms with E-state index in [9.17, 15) is 0 Å². The van der Waals surface area contributed by atoms with Gasteiger partial charge in [-0.15, -0.1) is 0 Å². The third-order valence-corrected chi connectivity index (χ3v) is 2.65. The number of aromatic nitrogens is 2. The number of hydrogen-bond acceptors (Lipinski definition) is 5. The molecular weight excluding hydrogens is 274 g/mol. The molecule has 0 atom stereocenters. The van der Waals surface area contributed by atoms with Crippen LogP contribution in [0.2, 0.25) is 0 Å². The number of nitrogens with zero attached hydrogens (tertiary/aromatic N) is 2. The second-order valence-electron chi connectivity index (χ2n) is 3.19. The smallest absolute Gasteiger partial charge is 0.259 e. The summed E-state index contributed by atoms with van der Waals surface area (Å²) in [5.41, 5.74) is 7.11. The molecule has 0 saturated heterocycles. The molecule has 6 heteroatoms. The molecule has 2 aromatic rings. The van der Waals surface area contributed by atoms with Crippen molar-refractivity contribution in [1.29, 1.82) is 0 Å². The van der Waals surface area contributed by atoms with Crippen LogP contribution in [0.15, 0.2) is 27.2 Å². The van der Waals surface area contributed by atoms with Crippen molar-refractivity contribution in [2.75, 3.05) is 12.8 Å². The van der Waals surface area contributed by atoms with Crippen molar-refractivity contribution < 1.29 is 9.26 Å². The van der Waals surface area contributed by atoms with Gasteiger partial charge in [0.05, 0.1) is 5.56 Å². The molecule has 2 rings (SSSR count). The molecule has 0 amide bonds. The fourth-order valence-electron chi connectivity index (χ4n) is 1.26. The fraction of sp³-hybridized carbons (Fsp3) is 0.200. The van der Waals surface area contributed by atoms with Crippen molar-refractivity contribution in [2.45, 2.75) is 6.61 Å². The normalized spacial score (nSPS) is 10.6. The zero-order valence-corrected chi connectivity index (χ0v) is 10.2. The van der Waals surface area contributed by atoms with Gasteiger partial charge in [-0.1, -0.05) is 5.16 Å². The van der Waals surface area contributed by atoms with Crippen LogP contribution in [0.3, 0.4) is 0 Å². The Kier molecular flexibility index (Phi) is 3.21. The monoisotopic (exact) mass is 283 g/mol. The van der Waals surface area contributed by atoms with E-state index in [1.54, 1.807) is 19.2 Å².